The van der Waals surface area contributed by atoms with Crippen LogP contribution in [0.25, 0.3) is 0 Å². The highest BCUT2D eigenvalue weighted by molar-refractivity contribution is 5.96. The van der Waals surface area contributed by atoms with Gasteiger partial charge in [-0.3, -0.25) is 4.79 Å². The molecular weight excluding hydrogens is 330 g/mol. The first-order valence-corrected chi connectivity index (χ1v) is 10.4. The first-order chi connectivity index (χ1) is 13.0. The zero-order valence-electron chi connectivity index (χ0n) is 16.4. The maximum Gasteiger partial charge on any atom is 0.230 e. The van der Waals surface area contributed by atoms with Crippen LogP contribution in [0.15, 0.2) is 48.5 Å². The van der Waals surface area contributed by atoms with Gasteiger partial charge in [-0.25, -0.2) is 0 Å². The maximum absolute atomic E-state index is 13.5. The highest BCUT2D eigenvalue weighted by atomic mass is 16.2. The van der Waals surface area contributed by atoms with Crippen LogP contribution < -0.4 is 5.32 Å². The van der Waals surface area contributed by atoms with E-state index >= 15 is 0 Å². The number of aryl methyl sites for hydroxylation is 2. The van der Waals surface area contributed by atoms with Crippen molar-refractivity contribution in [3.05, 3.63) is 65.2 Å². The van der Waals surface area contributed by atoms with Crippen LogP contribution in [0.1, 0.15) is 55.2 Å². The number of benzene rings is 2. The van der Waals surface area contributed by atoms with Crippen molar-refractivity contribution in [2.45, 2.75) is 57.8 Å². The second-order valence-electron chi connectivity index (χ2n) is 9.71. The fraction of sp³-hybridized carbons (Fsp3) is 0.480. The van der Waals surface area contributed by atoms with Gasteiger partial charge in [0.1, 0.15) is 0 Å². The highest BCUT2D eigenvalue weighted by Crippen LogP contribution is 2.66. The third-order valence-corrected chi connectivity index (χ3v) is 7.48. The fourth-order valence-corrected chi connectivity index (χ4v) is 6.76. The summed E-state index contributed by atoms with van der Waals surface area (Å²) in [6, 6.07) is 17.3. The van der Waals surface area contributed by atoms with Crippen LogP contribution in [0, 0.1) is 31.1 Å². The zero-order valence-corrected chi connectivity index (χ0v) is 16.4. The molecule has 0 heterocycles. The van der Waals surface area contributed by atoms with Gasteiger partial charge in [0.15, 0.2) is 0 Å². The van der Waals surface area contributed by atoms with Crippen molar-refractivity contribution in [2.24, 2.45) is 17.3 Å². The van der Waals surface area contributed by atoms with Crippen LogP contribution in [0.4, 0.5) is 5.69 Å². The summed E-state index contributed by atoms with van der Waals surface area (Å²) in [5.41, 5.74) is 4.94. The summed E-state index contributed by atoms with van der Waals surface area (Å²) in [4.78, 5) is 13.5. The van der Waals surface area contributed by atoms with Crippen molar-refractivity contribution in [1.82, 2.24) is 0 Å². The van der Waals surface area contributed by atoms with E-state index in [-0.39, 0.29) is 16.7 Å². The SMILES string of the molecule is Cc1ccc(C23C[C@@H]4C[C@H](CC(C(=O)Nc5cccc(C)c5)(C4)C2)C3)cc1. The average molecular weight is 360 g/mol. The fourth-order valence-electron chi connectivity index (χ4n) is 6.76. The number of nitrogens with one attached hydrogen (secondary N) is 1. The molecule has 1 N–H and O–H groups in total. The molecule has 4 fully saturated rings. The van der Waals surface area contributed by atoms with Crippen LogP contribution in [0.3, 0.4) is 0 Å². The molecule has 27 heavy (non-hydrogen) atoms. The van der Waals surface area contributed by atoms with Crippen LogP contribution >= 0.6 is 0 Å². The van der Waals surface area contributed by atoms with E-state index in [2.05, 4.69) is 55.6 Å². The van der Waals surface area contributed by atoms with E-state index in [1.165, 1.54) is 36.0 Å². The predicted octanol–water partition coefficient (Wildman–Crippen LogP) is 5.78. The molecule has 140 valence electrons. The molecule has 2 aromatic carbocycles. The van der Waals surface area contributed by atoms with Gasteiger partial charge in [-0.1, -0.05) is 42.0 Å². The number of carbonyl (C=O) groups is 1. The van der Waals surface area contributed by atoms with Crippen LogP contribution in [0.2, 0.25) is 0 Å². The largest absolute Gasteiger partial charge is 0.326 e. The summed E-state index contributed by atoms with van der Waals surface area (Å²) in [6.45, 7) is 4.23. The quantitative estimate of drug-likeness (QED) is 0.739. The minimum atomic E-state index is -0.182. The van der Waals surface area contributed by atoms with Gasteiger partial charge in [0, 0.05) is 5.69 Å². The number of carbonyl (C=O) groups excluding carboxylic acids is 1. The Balaban J connectivity index is 1.47. The lowest BCUT2D eigenvalue weighted by Gasteiger charge is -2.61. The smallest absolute Gasteiger partial charge is 0.230 e. The molecule has 4 aliphatic rings. The second kappa shape index (κ2) is 5.95. The lowest BCUT2D eigenvalue weighted by molar-refractivity contribution is -0.143. The number of amides is 1. The Morgan fingerprint density at radius 3 is 2.30 bits per heavy atom. The molecule has 2 atom stereocenters. The van der Waals surface area contributed by atoms with Crippen molar-refractivity contribution >= 4 is 11.6 Å². The second-order valence-corrected chi connectivity index (χ2v) is 9.71. The first-order valence-electron chi connectivity index (χ1n) is 10.4. The van der Waals surface area contributed by atoms with E-state index < -0.39 is 0 Å². The lowest BCUT2D eigenvalue weighted by atomic mass is 9.42. The number of anilines is 1. The Hall–Kier alpha value is -2.09. The molecule has 2 aromatic rings. The average Bonchev–Trinajstić information content (AvgIpc) is 2.61. The van der Waals surface area contributed by atoms with E-state index in [9.17, 15) is 4.79 Å². The normalized spacial score (nSPS) is 33.9. The van der Waals surface area contributed by atoms with Crippen molar-refractivity contribution in [1.29, 1.82) is 0 Å². The molecule has 1 amide bonds. The van der Waals surface area contributed by atoms with Gasteiger partial charge in [-0.05, 0) is 92.9 Å². The van der Waals surface area contributed by atoms with E-state index in [1.54, 1.807) is 0 Å². The summed E-state index contributed by atoms with van der Waals surface area (Å²) in [6.07, 6.45) is 7.04. The molecule has 2 heteroatoms. The zero-order chi connectivity index (χ0) is 18.6. The standard InChI is InChI=1S/C25H29NO/c1-17-6-8-21(9-7-17)24-12-19-11-20(13-24)15-25(14-19,16-24)23(27)26-22-5-3-4-18(2)10-22/h3-10,19-20H,11-16H2,1-2H3,(H,26,27)/t19-,20-,24?,25?/m0/s1. The molecule has 0 aromatic heterocycles. The Morgan fingerprint density at radius 2 is 1.63 bits per heavy atom. The van der Waals surface area contributed by atoms with Crippen LogP contribution in [-0.4, -0.2) is 5.91 Å². The summed E-state index contributed by atoms with van der Waals surface area (Å²) < 4.78 is 0. The van der Waals surface area contributed by atoms with Gasteiger partial charge in [-0.15, -0.1) is 0 Å². The third-order valence-electron chi connectivity index (χ3n) is 7.48. The molecule has 4 bridgehead atoms. The minimum Gasteiger partial charge on any atom is -0.326 e. The number of rotatable bonds is 3. The van der Waals surface area contributed by atoms with Gasteiger partial charge >= 0.3 is 0 Å². The van der Waals surface area contributed by atoms with Gasteiger partial charge in [0.05, 0.1) is 5.41 Å². The third kappa shape index (κ3) is 2.81. The van der Waals surface area contributed by atoms with Crippen molar-refractivity contribution in [3.8, 4) is 0 Å². The Bertz CT molecular complexity index is 867. The van der Waals surface area contributed by atoms with Gasteiger partial charge < -0.3 is 5.32 Å². The lowest BCUT2D eigenvalue weighted by Crippen LogP contribution is -2.57. The topological polar surface area (TPSA) is 29.1 Å². The minimum absolute atomic E-state index is 0.182. The Labute approximate surface area is 162 Å². The van der Waals surface area contributed by atoms with E-state index in [4.69, 9.17) is 0 Å². The molecular formula is C25H29NO. The van der Waals surface area contributed by atoms with E-state index in [1.807, 2.05) is 12.1 Å². The molecule has 4 aliphatic carbocycles. The molecule has 0 saturated heterocycles. The molecule has 0 radical (unpaired) electrons. The van der Waals surface area contributed by atoms with Crippen LogP contribution in [0.5, 0.6) is 0 Å². The molecule has 2 nitrogen and oxygen atoms in total. The summed E-state index contributed by atoms with van der Waals surface area (Å²) >= 11 is 0. The number of hydrogen-bond donors (Lipinski definition) is 1. The Morgan fingerprint density at radius 1 is 0.926 bits per heavy atom. The monoisotopic (exact) mass is 359 g/mol. The van der Waals surface area contributed by atoms with Crippen LogP contribution in [-0.2, 0) is 10.2 Å². The van der Waals surface area contributed by atoms with Gasteiger partial charge in [0.25, 0.3) is 0 Å². The predicted molar refractivity (Wildman–Crippen MR) is 110 cm³/mol. The molecule has 0 unspecified atom stereocenters. The Kier molecular flexibility index (Phi) is 3.76. The van der Waals surface area contributed by atoms with E-state index in [0.717, 1.165) is 24.9 Å². The van der Waals surface area contributed by atoms with Crippen molar-refractivity contribution < 1.29 is 4.79 Å². The van der Waals surface area contributed by atoms with Gasteiger partial charge in [-0.2, -0.15) is 0 Å². The molecule has 0 spiro atoms. The molecule has 0 aliphatic heterocycles. The number of hydrogen-bond acceptors (Lipinski definition) is 1. The summed E-state index contributed by atoms with van der Waals surface area (Å²) in [5.74, 6) is 1.67. The molecule has 4 saturated carbocycles. The first kappa shape index (κ1) is 17.0. The summed E-state index contributed by atoms with van der Waals surface area (Å²) in [5, 5.41) is 3.28. The van der Waals surface area contributed by atoms with Crippen molar-refractivity contribution in [2.75, 3.05) is 5.32 Å². The van der Waals surface area contributed by atoms with Crippen molar-refractivity contribution in [3.63, 3.8) is 0 Å². The molecule has 6 rings (SSSR count). The van der Waals surface area contributed by atoms with Gasteiger partial charge in [0.2, 0.25) is 5.91 Å². The maximum atomic E-state index is 13.5. The highest BCUT2D eigenvalue weighted by Gasteiger charge is 2.60. The summed E-state index contributed by atoms with van der Waals surface area (Å²) in [7, 11) is 0. The van der Waals surface area contributed by atoms with E-state index in [0.29, 0.717) is 11.8 Å².